The molecule has 1 aromatic rings. The smallest absolute Gasteiger partial charge is 0.343 e. The Morgan fingerprint density at radius 1 is 0.852 bits per heavy atom. The van der Waals surface area contributed by atoms with Gasteiger partial charge in [-0.1, -0.05) is 59.7 Å². The van der Waals surface area contributed by atoms with Crippen molar-refractivity contribution in [2.45, 2.75) is 13.8 Å². The first-order valence-corrected chi connectivity index (χ1v) is 8.36. The van der Waals surface area contributed by atoms with Crippen molar-refractivity contribution in [1.29, 1.82) is 0 Å². The second-order valence-corrected chi connectivity index (χ2v) is 6.19. The largest absolute Gasteiger partial charge is 0.477 e. The van der Waals surface area contributed by atoms with Gasteiger partial charge in [-0.2, -0.15) is 0 Å². The number of carbonyl (C=O) groups is 2. The minimum absolute atomic E-state index is 0.668. The normalized spacial score (nSPS) is 12.4. The fourth-order valence-electron chi connectivity index (χ4n) is 2.02. The van der Waals surface area contributed by atoms with Crippen LogP contribution in [0.4, 0.5) is 5.69 Å². The molecule has 5 heteroatoms. The molecule has 0 saturated carbocycles. The number of benzene rings is 1. The van der Waals surface area contributed by atoms with E-state index in [0.717, 1.165) is 28.5 Å². The first kappa shape index (κ1) is 21.7. The molecular formula is C22H25NO4. The average Bonchev–Trinajstić information content (AvgIpc) is 2.60. The number of carboxylic acids is 2. The molecule has 0 saturated heterocycles. The molecule has 0 spiro atoms. The highest BCUT2D eigenvalue weighted by Gasteiger charge is 2.14. The molecule has 5 nitrogen and oxygen atoms in total. The number of aliphatic carboxylic acids is 2. The van der Waals surface area contributed by atoms with Crippen LogP contribution in [-0.2, 0) is 9.59 Å². The van der Waals surface area contributed by atoms with Crippen molar-refractivity contribution in [2.75, 3.05) is 19.0 Å². The molecule has 0 radical (unpaired) electrons. The first-order chi connectivity index (χ1) is 12.7. The molecule has 1 aromatic carbocycles. The van der Waals surface area contributed by atoms with E-state index in [9.17, 15) is 9.59 Å². The van der Waals surface area contributed by atoms with Gasteiger partial charge in [0.1, 0.15) is 5.57 Å². The summed E-state index contributed by atoms with van der Waals surface area (Å²) in [6.45, 7) is 3.71. The Balaban J connectivity index is 2.74. The van der Waals surface area contributed by atoms with E-state index in [1.807, 2.05) is 62.4 Å². The van der Waals surface area contributed by atoms with Gasteiger partial charge in [0.2, 0.25) is 0 Å². The third kappa shape index (κ3) is 8.05. The summed E-state index contributed by atoms with van der Waals surface area (Å²) in [5.74, 6) is -2.93. The summed E-state index contributed by atoms with van der Waals surface area (Å²) in [7, 11) is 4.00. The minimum Gasteiger partial charge on any atom is -0.477 e. The summed E-state index contributed by atoms with van der Waals surface area (Å²) < 4.78 is 0. The number of carboxylic acid groups (broad SMARTS) is 2. The van der Waals surface area contributed by atoms with Crippen LogP contribution in [0.1, 0.15) is 19.4 Å². The van der Waals surface area contributed by atoms with E-state index >= 15 is 0 Å². The summed E-state index contributed by atoms with van der Waals surface area (Å²) in [5.41, 5.74) is 3.32. The molecule has 27 heavy (non-hydrogen) atoms. The maximum absolute atomic E-state index is 10.8. The summed E-state index contributed by atoms with van der Waals surface area (Å²) in [4.78, 5) is 23.6. The van der Waals surface area contributed by atoms with Crippen LogP contribution in [0, 0.1) is 0 Å². The molecule has 0 amide bonds. The quantitative estimate of drug-likeness (QED) is 0.310. The molecule has 0 heterocycles. The van der Waals surface area contributed by atoms with Gasteiger partial charge >= 0.3 is 11.9 Å². The number of allylic oxidation sites excluding steroid dienone is 8. The Hall–Kier alpha value is -3.34. The van der Waals surface area contributed by atoms with Crippen LogP contribution in [0.5, 0.6) is 0 Å². The van der Waals surface area contributed by atoms with Gasteiger partial charge in [-0.25, -0.2) is 9.59 Å². The van der Waals surface area contributed by atoms with Crippen molar-refractivity contribution in [3.63, 3.8) is 0 Å². The average molecular weight is 367 g/mol. The van der Waals surface area contributed by atoms with Crippen molar-refractivity contribution in [3.05, 3.63) is 83.0 Å². The fourth-order valence-corrected chi connectivity index (χ4v) is 2.02. The molecule has 0 aliphatic carbocycles. The molecule has 0 aliphatic rings. The van der Waals surface area contributed by atoms with E-state index in [0.29, 0.717) is 0 Å². The molecule has 0 atom stereocenters. The summed E-state index contributed by atoms with van der Waals surface area (Å²) >= 11 is 0. The van der Waals surface area contributed by atoms with Gasteiger partial charge in [0.05, 0.1) is 0 Å². The van der Waals surface area contributed by atoms with Gasteiger partial charge < -0.3 is 15.1 Å². The summed E-state index contributed by atoms with van der Waals surface area (Å²) in [6, 6.07) is 8.21. The lowest BCUT2D eigenvalue weighted by Gasteiger charge is -2.11. The number of hydrogen-bond acceptors (Lipinski definition) is 3. The third-order valence-electron chi connectivity index (χ3n) is 3.64. The lowest BCUT2D eigenvalue weighted by Crippen LogP contribution is -2.10. The Morgan fingerprint density at radius 2 is 1.37 bits per heavy atom. The predicted molar refractivity (Wildman–Crippen MR) is 110 cm³/mol. The molecule has 0 aromatic heterocycles. The van der Waals surface area contributed by atoms with Crippen LogP contribution in [0.25, 0.3) is 6.08 Å². The highest BCUT2D eigenvalue weighted by Crippen LogP contribution is 2.13. The monoisotopic (exact) mass is 367 g/mol. The Labute approximate surface area is 159 Å². The maximum Gasteiger partial charge on any atom is 0.343 e. The van der Waals surface area contributed by atoms with E-state index in [1.54, 1.807) is 13.0 Å². The molecule has 2 N–H and O–H groups in total. The number of nitrogens with zero attached hydrogens (tertiary/aromatic N) is 1. The van der Waals surface area contributed by atoms with Gasteiger partial charge in [-0.05, 0) is 37.6 Å². The van der Waals surface area contributed by atoms with Gasteiger partial charge in [-0.3, -0.25) is 0 Å². The minimum atomic E-state index is -1.46. The molecule has 0 bridgehead atoms. The second-order valence-electron chi connectivity index (χ2n) is 6.19. The fraction of sp³-hybridized carbons (Fsp3) is 0.182. The topological polar surface area (TPSA) is 77.8 Å². The van der Waals surface area contributed by atoms with Gasteiger partial charge in [0, 0.05) is 19.8 Å². The molecule has 0 unspecified atom stereocenters. The highest BCUT2D eigenvalue weighted by atomic mass is 16.4. The van der Waals surface area contributed by atoms with Crippen molar-refractivity contribution in [1.82, 2.24) is 0 Å². The van der Waals surface area contributed by atoms with Crippen LogP contribution in [-0.4, -0.2) is 36.2 Å². The molecule has 0 fully saturated rings. The predicted octanol–water partition coefficient (Wildman–Crippen LogP) is 4.31. The van der Waals surface area contributed by atoms with Crippen molar-refractivity contribution in [3.8, 4) is 0 Å². The highest BCUT2D eigenvalue weighted by molar-refractivity contribution is 6.12. The Morgan fingerprint density at radius 3 is 1.85 bits per heavy atom. The number of rotatable bonds is 8. The zero-order valence-corrected chi connectivity index (χ0v) is 16.0. The van der Waals surface area contributed by atoms with Crippen LogP contribution >= 0.6 is 0 Å². The standard InChI is InChI=1S/C22H25NO4/c1-16(6-5-7-18-11-13-19(14-12-18)23(3)4)8-9-17(2)10-15-20(21(24)25)22(26)27/h5-15H,1-4H3,(H,24,25)(H,26,27)/b7-5+,9-8+,16-6+,17-10+. The van der Waals surface area contributed by atoms with Crippen LogP contribution in [0.2, 0.25) is 0 Å². The van der Waals surface area contributed by atoms with E-state index in [4.69, 9.17) is 10.2 Å². The molecule has 142 valence electrons. The summed E-state index contributed by atoms with van der Waals surface area (Å²) in [5, 5.41) is 17.6. The second kappa shape index (κ2) is 10.6. The van der Waals surface area contributed by atoms with Crippen molar-refractivity contribution in [2.24, 2.45) is 0 Å². The van der Waals surface area contributed by atoms with E-state index in [2.05, 4.69) is 12.1 Å². The maximum atomic E-state index is 10.8. The lowest BCUT2D eigenvalue weighted by molar-refractivity contribution is -0.140. The van der Waals surface area contributed by atoms with Crippen LogP contribution in [0.3, 0.4) is 0 Å². The lowest BCUT2D eigenvalue weighted by atomic mass is 10.1. The van der Waals surface area contributed by atoms with Crippen LogP contribution in [0.15, 0.2) is 77.4 Å². The zero-order valence-electron chi connectivity index (χ0n) is 16.0. The molecular weight excluding hydrogens is 342 g/mol. The van der Waals surface area contributed by atoms with E-state index in [1.165, 1.54) is 6.08 Å². The Bertz CT molecular complexity index is 806. The van der Waals surface area contributed by atoms with Gasteiger partial charge in [0.25, 0.3) is 0 Å². The zero-order chi connectivity index (χ0) is 20.4. The Kier molecular flexibility index (Phi) is 8.53. The van der Waals surface area contributed by atoms with Crippen LogP contribution < -0.4 is 4.90 Å². The van der Waals surface area contributed by atoms with Gasteiger partial charge in [0.15, 0.2) is 0 Å². The van der Waals surface area contributed by atoms with Gasteiger partial charge in [-0.15, -0.1) is 0 Å². The van der Waals surface area contributed by atoms with E-state index in [-0.39, 0.29) is 0 Å². The number of anilines is 1. The number of hydrogen-bond donors (Lipinski definition) is 2. The van der Waals surface area contributed by atoms with Crippen molar-refractivity contribution >= 4 is 23.7 Å². The molecule has 1 rings (SSSR count). The SMILES string of the molecule is CC(/C=C/C(C)=C/C=C/c1ccc(N(C)C)cc1)=C\C=C(C(=O)O)C(=O)O. The van der Waals surface area contributed by atoms with Crippen molar-refractivity contribution < 1.29 is 19.8 Å². The summed E-state index contributed by atoms with van der Waals surface area (Å²) in [6.07, 6.45) is 12.1. The first-order valence-electron chi connectivity index (χ1n) is 8.36. The van der Waals surface area contributed by atoms with E-state index < -0.39 is 17.5 Å². The third-order valence-corrected chi connectivity index (χ3v) is 3.64. The molecule has 0 aliphatic heterocycles.